The maximum Gasteiger partial charge on any atom is 0.119 e. The summed E-state index contributed by atoms with van der Waals surface area (Å²) in [6.45, 7) is 3.78. The molecule has 1 heterocycles. The van der Waals surface area contributed by atoms with Gasteiger partial charge in [0.15, 0.2) is 0 Å². The van der Waals surface area contributed by atoms with Crippen LogP contribution in [0.4, 0.5) is 0 Å². The largest absolute Gasteiger partial charge is 0.494 e. The molecular weight excluding hydrogens is 353 g/mol. The maximum atomic E-state index is 5.69. The number of halogens is 1. The first-order chi connectivity index (χ1) is 9.34. The van der Waals surface area contributed by atoms with Crippen LogP contribution in [-0.4, -0.2) is 32.4 Å². The Morgan fingerprint density at radius 3 is 2.84 bits per heavy atom. The molecule has 0 aliphatic carbocycles. The molecule has 1 saturated heterocycles. The number of rotatable bonds is 8. The number of benzene rings is 1. The van der Waals surface area contributed by atoms with Crippen LogP contribution in [0, 0.1) is 3.57 Å². The molecule has 106 valence electrons. The van der Waals surface area contributed by atoms with E-state index < -0.39 is 0 Å². The van der Waals surface area contributed by atoms with Gasteiger partial charge in [-0.05, 0) is 79.1 Å². The summed E-state index contributed by atoms with van der Waals surface area (Å²) in [6.07, 6.45) is 5.11. The maximum absolute atomic E-state index is 5.69. The van der Waals surface area contributed by atoms with Crippen LogP contribution in [0.15, 0.2) is 24.3 Å². The Bertz CT molecular complexity index is 350. The Kier molecular flexibility index (Phi) is 6.95. The van der Waals surface area contributed by atoms with Crippen LogP contribution in [0.5, 0.6) is 5.75 Å². The minimum Gasteiger partial charge on any atom is -0.494 e. The zero-order valence-corrected chi connectivity index (χ0v) is 13.4. The third kappa shape index (κ3) is 6.10. The van der Waals surface area contributed by atoms with Crippen molar-refractivity contribution in [3.8, 4) is 5.75 Å². The highest BCUT2D eigenvalue weighted by atomic mass is 127. The molecule has 0 bridgehead atoms. The lowest BCUT2D eigenvalue weighted by Crippen LogP contribution is -2.27. The molecule has 19 heavy (non-hydrogen) atoms. The molecule has 0 aromatic heterocycles. The highest BCUT2D eigenvalue weighted by Gasteiger charge is 2.13. The van der Waals surface area contributed by atoms with Gasteiger partial charge in [0.25, 0.3) is 0 Å². The first-order valence-corrected chi connectivity index (χ1v) is 8.13. The van der Waals surface area contributed by atoms with E-state index in [4.69, 9.17) is 9.47 Å². The molecule has 1 atom stereocenters. The Hall–Kier alpha value is -0.330. The summed E-state index contributed by atoms with van der Waals surface area (Å²) >= 11 is 2.30. The second-order valence-electron chi connectivity index (χ2n) is 4.85. The molecule has 1 aliphatic heterocycles. The fourth-order valence-corrected chi connectivity index (χ4v) is 2.50. The van der Waals surface area contributed by atoms with E-state index in [0.717, 1.165) is 44.9 Å². The minimum absolute atomic E-state index is 0.447. The van der Waals surface area contributed by atoms with Gasteiger partial charge >= 0.3 is 0 Å². The molecule has 1 aromatic rings. The van der Waals surface area contributed by atoms with Crippen molar-refractivity contribution in [1.29, 1.82) is 0 Å². The van der Waals surface area contributed by atoms with Crippen molar-refractivity contribution in [3.63, 3.8) is 0 Å². The first-order valence-electron chi connectivity index (χ1n) is 7.05. The van der Waals surface area contributed by atoms with Crippen LogP contribution in [0.2, 0.25) is 0 Å². The van der Waals surface area contributed by atoms with Gasteiger partial charge in [-0.3, -0.25) is 0 Å². The van der Waals surface area contributed by atoms with Crippen LogP contribution in [0.25, 0.3) is 0 Å². The average Bonchev–Trinajstić information content (AvgIpc) is 2.93. The van der Waals surface area contributed by atoms with E-state index in [9.17, 15) is 0 Å². The zero-order valence-electron chi connectivity index (χ0n) is 11.2. The fourth-order valence-electron chi connectivity index (χ4n) is 2.14. The summed E-state index contributed by atoms with van der Waals surface area (Å²) in [6, 6.07) is 8.19. The van der Waals surface area contributed by atoms with Gasteiger partial charge in [0, 0.05) is 16.7 Å². The van der Waals surface area contributed by atoms with Gasteiger partial charge in [0.05, 0.1) is 12.7 Å². The van der Waals surface area contributed by atoms with E-state index >= 15 is 0 Å². The Labute approximate surface area is 129 Å². The van der Waals surface area contributed by atoms with E-state index in [-0.39, 0.29) is 0 Å². The van der Waals surface area contributed by atoms with Crippen molar-refractivity contribution in [2.75, 3.05) is 26.3 Å². The number of ether oxygens (including phenoxy) is 2. The molecule has 0 radical (unpaired) electrons. The third-order valence-corrected chi connectivity index (χ3v) is 3.95. The van der Waals surface area contributed by atoms with Gasteiger partial charge in [-0.25, -0.2) is 0 Å². The zero-order chi connectivity index (χ0) is 13.3. The topological polar surface area (TPSA) is 30.5 Å². The summed E-state index contributed by atoms with van der Waals surface area (Å²) in [4.78, 5) is 0. The van der Waals surface area contributed by atoms with Crippen molar-refractivity contribution in [3.05, 3.63) is 27.8 Å². The Balaban J connectivity index is 1.44. The van der Waals surface area contributed by atoms with Gasteiger partial charge in [-0.15, -0.1) is 0 Å². The van der Waals surface area contributed by atoms with Crippen molar-refractivity contribution >= 4 is 22.6 Å². The Morgan fingerprint density at radius 2 is 2.11 bits per heavy atom. The minimum atomic E-state index is 0.447. The van der Waals surface area contributed by atoms with Gasteiger partial charge in [0.2, 0.25) is 0 Å². The third-order valence-electron chi connectivity index (χ3n) is 3.23. The van der Waals surface area contributed by atoms with E-state index in [2.05, 4.69) is 40.0 Å². The lowest BCUT2D eigenvalue weighted by Gasteiger charge is -2.10. The number of hydrogen-bond acceptors (Lipinski definition) is 3. The highest BCUT2D eigenvalue weighted by Crippen LogP contribution is 2.13. The Morgan fingerprint density at radius 1 is 1.26 bits per heavy atom. The molecule has 4 heteroatoms. The molecule has 3 nitrogen and oxygen atoms in total. The normalized spacial score (nSPS) is 18.7. The molecule has 1 aliphatic rings. The monoisotopic (exact) mass is 375 g/mol. The van der Waals surface area contributed by atoms with E-state index in [1.54, 1.807) is 0 Å². The average molecular weight is 375 g/mol. The second-order valence-corrected chi connectivity index (χ2v) is 6.09. The SMILES string of the molecule is Ic1ccc(OCCCCNC[C@H]2CCCO2)cc1. The molecule has 0 unspecified atom stereocenters. The summed E-state index contributed by atoms with van der Waals surface area (Å²) in [5.74, 6) is 0.965. The van der Waals surface area contributed by atoms with Gasteiger partial charge in [-0.1, -0.05) is 0 Å². The van der Waals surface area contributed by atoms with Crippen molar-refractivity contribution in [2.24, 2.45) is 0 Å². The van der Waals surface area contributed by atoms with Crippen LogP contribution in [0.1, 0.15) is 25.7 Å². The second kappa shape index (κ2) is 8.76. The molecule has 1 N–H and O–H groups in total. The van der Waals surface area contributed by atoms with Crippen molar-refractivity contribution < 1.29 is 9.47 Å². The van der Waals surface area contributed by atoms with E-state index in [0.29, 0.717) is 6.10 Å². The van der Waals surface area contributed by atoms with Crippen LogP contribution in [0.3, 0.4) is 0 Å². The van der Waals surface area contributed by atoms with Crippen molar-refractivity contribution in [2.45, 2.75) is 31.8 Å². The summed E-state index contributed by atoms with van der Waals surface area (Å²) in [5, 5.41) is 3.45. The fraction of sp³-hybridized carbons (Fsp3) is 0.600. The molecule has 0 amide bonds. The van der Waals surface area contributed by atoms with Gasteiger partial charge in [-0.2, -0.15) is 0 Å². The molecular formula is C15H22INO2. The summed E-state index contributed by atoms with van der Waals surface area (Å²) in [7, 11) is 0. The lowest BCUT2D eigenvalue weighted by molar-refractivity contribution is 0.110. The summed E-state index contributed by atoms with van der Waals surface area (Å²) < 4.78 is 12.5. The highest BCUT2D eigenvalue weighted by molar-refractivity contribution is 14.1. The number of hydrogen-bond donors (Lipinski definition) is 1. The lowest BCUT2D eigenvalue weighted by atomic mass is 10.2. The molecule has 2 rings (SSSR count). The summed E-state index contributed by atoms with van der Waals surface area (Å²) in [5.41, 5.74) is 0. The standard InChI is InChI=1S/C15H22INO2/c16-13-5-7-14(8-6-13)18-10-2-1-9-17-12-15-4-3-11-19-15/h5-8,15,17H,1-4,9-12H2/t15-/m1/s1. The molecule has 0 saturated carbocycles. The predicted octanol–water partition coefficient (Wildman–Crippen LogP) is 3.22. The van der Waals surface area contributed by atoms with Crippen LogP contribution >= 0.6 is 22.6 Å². The van der Waals surface area contributed by atoms with Crippen LogP contribution in [-0.2, 0) is 4.74 Å². The van der Waals surface area contributed by atoms with Gasteiger partial charge in [0.1, 0.15) is 5.75 Å². The smallest absolute Gasteiger partial charge is 0.119 e. The first kappa shape index (κ1) is 15.1. The quantitative estimate of drug-likeness (QED) is 0.559. The van der Waals surface area contributed by atoms with Crippen LogP contribution < -0.4 is 10.1 Å². The number of unbranched alkanes of at least 4 members (excludes halogenated alkanes) is 1. The molecule has 0 spiro atoms. The van der Waals surface area contributed by atoms with Crippen molar-refractivity contribution in [1.82, 2.24) is 5.32 Å². The molecule has 1 fully saturated rings. The molecule has 1 aromatic carbocycles. The van der Waals surface area contributed by atoms with E-state index in [1.807, 2.05) is 12.1 Å². The number of nitrogens with one attached hydrogen (secondary N) is 1. The van der Waals surface area contributed by atoms with E-state index in [1.165, 1.54) is 16.4 Å². The predicted molar refractivity (Wildman–Crippen MR) is 85.7 cm³/mol. The van der Waals surface area contributed by atoms with Gasteiger partial charge < -0.3 is 14.8 Å².